The van der Waals surface area contributed by atoms with Gasteiger partial charge >= 0.3 is 0 Å². The van der Waals surface area contributed by atoms with Crippen molar-refractivity contribution in [3.8, 4) is 11.1 Å². The number of hydrogen-bond donors (Lipinski definition) is 0. The lowest BCUT2D eigenvalue weighted by atomic mass is 9.29. The lowest BCUT2D eigenvalue weighted by molar-refractivity contribution is 1.15. The van der Waals surface area contributed by atoms with Crippen LogP contribution in [0.3, 0.4) is 0 Å². The summed E-state index contributed by atoms with van der Waals surface area (Å²) in [7, 11) is 0. The molecule has 0 atom stereocenters. The van der Waals surface area contributed by atoms with Gasteiger partial charge in [0.05, 0.1) is 0 Å². The van der Waals surface area contributed by atoms with Gasteiger partial charge in [-0.15, -0.1) is 0 Å². The quantitative estimate of drug-likeness (QED) is 0.222. The number of rotatable bonds is 3. The van der Waals surface area contributed by atoms with E-state index in [1.54, 1.807) is 0 Å². The fourth-order valence-corrected chi connectivity index (χ4v) is 8.81. The van der Waals surface area contributed by atoms with Gasteiger partial charge in [-0.05, 0) is 87.0 Å². The first-order chi connectivity index (χ1) is 21.2. The van der Waals surface area contributed by atoms with Crippen LogP contribution in [0.2, 0.25) is 0 Å². The number of benzene rings is 5. The Morgan fingerprint density at radius 3 is 1.66 bits per heavy atom. The number of hydrogen-bond acceptors (Lipinski definition) is 1. The van der Waals surface area contributed by atoms with E-state index in [0.717, 1.165) is 0 Å². The van der Waals surface area contributed by atoms with Crippen LogP contribution in [0.5, 0.6) is 0 Å². The van der Waals surface area contributed by atoms with Crippen molar-refractivity contribution in [3.05, 3.63) is 141 Å². The number of nitrogens with zero attached hydrogens (tertiary/aromatic N) is 1. The molecule has 5 aromatic carbocycles. The Hall–Kier alpha value is -4.49. The highest BCUT2D eigenvalue weighted by Crippen LogP contribution is 2.42. The molecule has 2 bridgehead atoms. The van der Waals surface area contributed by atoms with Crippen LogP contribution in [0.1, 0.15) is 45.9 Å². The van der Waals surface area contributed by atoms with Gasteiger partial charge in [-0.25, -0.2) is 0 Å². The minimum Gasteiger partial charge on any atom is -0.316 e. The highest BCUT2D eigenvalue weighted by atomic mass is 15.2. The molecule has 0 fully saturated rings. The largest absolute Gasteiger partial charge is 0.316 e. The molecule has 3 heterocycles. The molecule has 44 heavy (non-hydrogen) atoms. The predicted molar refractivity (Wildman–Crippen MR) is 193 cm³/mol. The molecular weight excluding hydrogens is 528 g/mol. The molecular formula is C41H37B2N. The number of para-hydroxylation sites is 1. The van der Waals surface area contributed by atoms with E-state index in [9.17, 15) is 0 Å². The zero-order chi connectivity index (χ0) is 30.4. The molecule has 0 unspecified atom stereocenters. The molecule has 5 aromatic rings. The van der Waals surface area contributed by atoms with Crippen molar-refractivity contribution < 1.29 is 0 Å². The van der Waals surface area contributed by atoms with Crippen LogP contribution < -0.4 is 32.2 Å². The normalized spacial score (nSPS) is 14.4. The SMILES string of the molecule is CC1=C2C=Cc3cccc4c3N1c1c(cc(-c3ccccc3)cc1B4c1c(C)cc(C)cc1C)B2c1c(C)cc(C)cc1C. The Labute approximate surface area is 263 Å². The van der Waals surface area contributed by atoms with Crippen LogP contribution in [0.4, 0.5) is 11.4 Å². The minimum absolute atomic E-state index is 0.140. The Kier molecular flexibility index (Phi) is 6.01. The van der Waals surface area contributed by atoms with E-state index in [4.69, 9.17) is 0 Å². The minimum atomic E-state index is 0.140. The van der Waals surface area contributed by atoms with Gasteiger partial charge in [0.2, 0.25) is 13.4 Å². The third-order valence-corrected chi connectivity index (χ3v) is 10.3. The Morgan fingerprint density at radius 1 is 0.477 bits per heavy atom. The van der Waals surface area contributed by atoms with E-state index < -0.39 is 0 Å². The monoisotopic (exact) mass is 565 g/mol. The van der Waals surface area contributed by atoms with Crippen molar-refractivity contribution in [1.82, 2.24) is 0 Å². The lowest BCUT2D eigenvalue weighted by Gasteiger charge is -2.44. The first-order valence-electron chi connectivity index (χ1n) is 15.9. The van der Waals surface area contributed by atoms with Crippen LogP contribution in [0.25, 0.3) is 17.2 Å². The molecule has 0 amide bonds. The summed E-state index contributed by atoms with van der Waals surface area (Å²) < 4.78 is 0. The molecule has 0 saturated carbocycles. The Bertz CT molecular complexity index is 2050. The predicted octanol–water partition coefficient (Wildman–Crippen LogP) is 6.63. The molecule has 3 heteroatoms. The van der Waals surface area contributed by atoms with Crippen LogP contribution in [-0.4, -0.2) is 13.4 Å². The Balaban J connectivity index is 1.55. The second-order valence-electron chi connectivity index (χ2n) is 13.4. The zero-order valence-corrected chi connectivity index (χ0v) is 26.8. The van der Waals surface area contributed by atoms with Crippen LogP contribution >= 0.6 is 0 Å². The summed E-state index contributed by atoms with van der Waals surface area (Å²) in [6.45, 7) is 16.3. The fourth-order valence-electron chi connectivity index (χ4n) is 8.81. The maximum absolute atomic E-state index is 2.62. The molecule has 0 saturated heterocycles. The highest BCUT2D eigenvalue weighted by Gasteiger charge is 2.45. The van der Waals surface area contributed by atoms with Gasteiger partial charge in [0.15, 0.2) is 0 Å². The molecule has 0 spiro atoms. The number of aryl methyl sites for hydroxylation is 6. The summed E-state index contributed by atoms with van der Waals surface area (Å²) in [5.74, 6) is 0. The highest BCUT2D eigenvalue weighted by molar-refractivity contribution is 7.01. The first-order valence-corrected chi connectivity index (χ1v) is 15.9. The zero-order valence-electron chi connectivity index (χ0n) is 26.8. The second-order valence-corrected chi connectivity index (χ2v) is 13.4. The molecule has 0 N–H and O–H groups in total. The molecule has 0 aromatic heterocycles. The summed E-state index contributed by atoms with van der Waals surface area (Å²) in [6, 6.07) is 32.4. The van der Waals surface area contributed by atoms with Crippen molar-refractivity contribution in [2.75, 3.05) is 4.90 Å². The molecule has 0 aliphatic carbocycles. The maximum Gasteiger partial charge on any atom is 0.247 e. The lowest BCUT2D eigenvalue weighted by Crippen LogP contribution is -2.63. The summed E-state index contributed by atoms with van der Waals surface area (Å²) in [5.41, 5.74) is 24.5. The number of allylic oxidation sites excluding steroid dienone is 3. The van der Waals surface area contributed by atoms with E-state index in [2.05, 4.69) is 150 Å². The van der Waals surface area contributed by atoms with Gasteiger partial charge in [0.1, 0.15) is 0 Å². The van der Waals surface area contributed by atoms with Gasteiger partial charge in [0, 0.05) is 17.1 Å². The molecule has 212 valence electrons. The standard InChI is InChI=1S/C41H37B2N/c1-24-18-26(3)38(27(4)19-24)42-34-17-16-32-14-11-15-35-40(32)44(30(34)7)41-36(42)22-33(31-12-9-8-10-13-31)23-37(41)43(35)39-28(5)20-25(2)21-29(39)6/h8-23H,1-7H3. The van der Waals surface area contributed by atoms with Crippen LogP contribution in [0.15, 0.2) is 102 Å². The second kappa shape index (κ2) is 9.76. The molecule has 1 nitrogen and oxygen atoms in total. The third kappa shape index (κ3) is 3.81. The van der Waals surface area contributed by atoms with E-state index in [1.165, 1.54) is 99.9 Å². The van der Waals surface area contributed by atoms with Gasteiger partial charge in [-0.2, -0.15) is 0 Å². The fraction of sp³-hybridized carbons (Fsp3) is 0.171. The van der Waals surface area contributed by atoms with Gasteiger partial charge in [0.25, 0.3) is 0 Å². The molecule has 8 rings (SSSR count). The van der Waals surface area contributed by atoms with Crippen molar-refractivity contribution in [2.24, 2.45) is 0 Å². The summed E-state index contributed by atoms with van der Waals surface area (Å²) in [5, 5.41) is 0. The summed E-state index contributed by atoms with van der Waals surface area (Å²) in [4.78, 5) is 2.62. The van der Waals surface area contributed by atoms with Crippen LogP contribution in [0, 0.1) is 41.5 Å². The molecule has 3 aliphatic heterocycles. The van der Waals surface area contributed by atoms with Gasteiger partial charge in [-0.3, -0.25) is 0 Å². The average Bonchev–Trinajstić information content (AvgIpc) is 3.08. The van der Waals surface area contributed by atoms with E-state index in [-0.39, 0.29) is 13.4 Å². The smallest absolute Gasteiger partial charge is 0.247 e. The van der Waals surface area contributed by atoms with Gasteiger partial charge in [-0.1, -0.05) is 141 Å². The molecule has 3 aliphatic rings. The van der Waals surface area contributed by atoms with Crippen molar-refractivity contribution >= 4 is 58.2 Å². The number of anilines is 2. The van der Waals surface area contributed by atoms with Crippen molar-refractivity contribution in [3.63, 3.8) is 0 Å². The topological polar surface area (TPSA) is 3.24 Å². The summed E-state index contributed by atoms with van der Waals surface area (Å²) >= 11 is 0. The van der Waals surface area contributed by atoms with E-state index in [0.29, 0.717) is 0 Å². The maximum atomic E-state index is 2.62. The molecule has 0 radical (unpaired) electrons. The van der Waals surface area contributed by atoms with Crippen molar-refractivity contribution in [1.29, 1.82) is 0 Å². The van der Waals surface area contributed by atoms with Crippen LogP contribution in [-0.2, 0) is 0 Å². The van der Waals surface area contributed by atoms with E-state index >= 15 is 0 Å². The Morgan fingerprint density at radius 2 is 1.05 bits per heavy atom. The first kappa shape index (κ1) is 27.1. The van der Waals surface area contributed by atoms with Gasteiger partial charge < -0.3 is 4.90 Å². The van der Waals surface area contributed by atoms with E-state index in [1.807, 2.05) is 0 Å². The van der Waals surface area contributed by atoms with Crippen molar-refractivity contribution in [2.45, 2.75) is 48.5 Å². The third-order valence-electron chi connectivity index (χ3n) is 10.3. The average molecular weight is 565 g/mol. The summed E-state index contributed by atoms with van der Waals surface area (Å²) in [6.07, 6.45) is 4.80.